The topological polar surface area (TPSA) is 114 Å². The summed E-state index contributed by atoms with van der Waals surface area (Å²) in [6.07, 6.45) is -0.825. The number of fused-ring (bicyclic) bond motifs is 3. The van der Waals surface area contributed by atoms with Crippen molar-refractivity contribution in [2.75, 3.05) is 25.6 Å². The van der Waals surface area contributed by atoms with Crippen LogP contribution in [0.4, 0.5) is 14.9 Å². The molecule has 4 rings (SSSR count). The molecule has 2 amide bonds. The molecule has 0 saturated carbocycles. The number of carboxylic acids is 1. The normalized spacial score (nSPS) is 12.9. The molecule has 3 N–H and O–H groups in total. The molecule has 3 aromatic rings. The monoisotopic (exact) mass is 478 g/mol. The van der Waals surface area contributed by atoms with Crippen LogP contribution in [0.2, 0.25) is 0 Å². The largest absolute Gasteiger partial charge is 0.478 e. The number of halogens is 1. The van der Waals surface area contributed by atoms with E-state index in [-0.39, 0.29) is 30.4 Å². The molecule has 0 aromatic heterocycles. The molecular weight excluding hydrogens is 455 g/mol. The van der Waals surface area contributed by atoms with Crippen LogP contribution < -0.4 is 10.6 Å². The summed E-state index contributed by atoms with van der Waals surface area (Å²) in [5.41, 5.74) is 3.88. The number of anilines is 1. The van der Waals surface area contributed by atoms with Gasteiger partial charge in [0.15, 0.2) is 0 Å². The number of rotatable bonds is 8. The maximum absolute atomic E-state index is 13.7. The molecule has 35 heavy (non-hydrogen) atoms. The molecule has 0 spiro atoms. The fourth-order valence-electron chi connectivity index (χ4n) is 4.15. The molecule has 0 radical (unpaired) electrons. The minimum absolute atomic E-state index is 0.0625. The van der Waals surface area contributed by atoms with Gasteiger partial charge in [0.2, 0.25) is 5.91 Å². The lowest BCUT2D eigenvalue weighted by molar-refractivity contribution is -0.119. The summed E-state index contributed by atoms with van der Waals surface area (Å²) in [7, 11) is 1.35. The molecule has 9 heteroatoms. The third-order valence-electron chi connectivity index (χ3n) is 5.70. The van der Waals surface area contributed by atoms with Gasteiger partial charge in [0.05, 0.1) is 12.2 Å². The second-order valence-electron chi connectivity index (χ2n) is 8.00. The highest BCUT2D eigenvalue weighted by Gasteiger charge is 2.30. The Morgan fingerprint density at radius 1 is 1.00 bits per heavy atom. The highest BCUT2D eigenvalue weighted by molar-refractivity contribution is 5.98. The average Bonchev–Trinajstić information content (AvgIpc) is 3.16. The van der Waals surface area contributed by atoms with Crippen molar-refractivity contribution in [3.05, 3.63) is 89.2 Å². The van der Waals surface area contributed by atoms with Gasteiger partial charge >= 0.3 is 12.1 Å². The number of alkyl carbamates (subject to hydrolysis) is 1. The molecule has 1 unspecified atom stereocenters. The average molecular weight is 478 g/mol. The lowest BCUT2D eigenvalue weighted by atomic mass is 9.98. The highest BCUT2D eigenvalue weighted by Crippen LogP contribution is 2.44. The van der Waals surface area contributed by atoms with E-state index in [9.17, 15) is 18.8 Å². The van der Waals surface area contributed by atoms with Gasteiger partial charge in [-0.15, -0.1) is 0 Å². The zero-order valence-electron chi connectivity index (χ0n) is 18.8. The van der Waals surface area contributed by atoms with Crippen molar-refractivity contribution in [1.82, 2.24) is 5.32 Å². The molecule has 0 bridgehead atoms. The highest BCUT2D eigenvalue weighted by atomic mass is 19.1. The van der Waals surface area contributed by atoms with Crippen LogP contribution in [0.15, 0.2) is 66.7 Å². The van der Waals surface area contributed by atoms with E-state index in [1.807, 2.05) is 48.5 Å². The van der Waals surface area contributed by atoms with E-state index < -0.39 is 29.8 Å². The molecule has 1 aliphatic carbocycles. The standard InChI is InChI=1S/C26H23FN2O6/c1-34-14-23(24(30)28-17-11-15(25(31)32)10-16(27)12-17)29-26(33)35-13-22-20-8-4-2-6-18(20)19-7-3-5-9-21(19)22/h2-12,22-23H,13-14H2,1H3,(H,28,30)(H,29,33)(H,31,32). The maximum atomic E-state index is 13.7. The van der Waals surface area contributed by atoms with Crippen molar-refractivity contribution < 1.29 is 33.4 Å². The van der Waals surface area contributed by atoms with Crippen LogP contribution in [-0.2, 0) is 14.3 Å². The van der Waals surface area contributed by atoms with Crippen LogP contribution in [0, 0.1) is 5.82 Å². The van der Waals surface area contributed by atoms with Gasteiger partial charge in [-0.05, 0) is 40.5 Å². The van der Waals surface area contributed by atoms with Gasteiger partial charge < -0.3 is 25.2 Å². The summed E-state index contributed by atoms with van der Waals surface area (Å²) in [5, 5.41) is 13.9. The summed E-state index contributed by atoms with van der Waals surface area (Å²) < 4.78 is 24.2. The lowest BCUT2D eigenvalue weighted by Gasteiger charge is -2.19. The predicted molar refractivity (Wildman–Crippen MR) is 126 cm³/mol. The molecule has 180 valence electrons. The van der Waals surface area contributed by atoms with Gasteiger partial charge in [-0.3, -0.25) is 4.79 Å². The number of ether oxygens (including phenoxy) is 2. The molecule has 0 fully saturated rings. The van der Waals surface area contributed by atoms with Crippen LogP contribution in [0.1, 0.15) is 27.4 Å². The van der Waals surface area contributed by atoms with E-state index in [4.69, 9.17) is 14.6 Å². The number of amides is 2. The van der Waals surface area contributed by atoms with Gasteiger partial charge in [0.25, 0.3) is 0 Å². The summed E-state index contributed by atoms with van der Waals surface area (Å²) in [6.45, 7) is -0.121. The molecule has 1 atom stereocenters. The molecule has 0 heterocycles. The zero-order chi connectivity index (χ0) is 24.9. The minimum atomic E-state index is -1.34. The van der Waals surface area contributed by atoms with E-state index in [0.717, 1.165) is 40.5 Å². The Labute approximate surface area is 200 Å². The second-order valence-corrected chi connectivity index (χ2v) is 8.00. The Bertz CT molecular complexity index is 1230. The molecule has 8 nitrogen and oxygen atoms in total. The van der Waals surface area contributed by atoms with Crippen molar-refractivity contribution in [2.24, 2.45) is 0 Å². The first kappa shape index (κ1) is 23.9. The number of carbonyl (C=O) groups is 3. The number of hydrogen-bond donors (Lipinski definition) is 3. The number of carboxylic acid groups (broad SMARTS) is 1. The fraction of sp³-hybridized carbons (Fsp3) is 0.192. The second kappa shape index (κ2) is 10.4. The third-order valence-corrected chi connectivity index (χ3v) is 5.70. The number of carbonyl (C=O) groups excluding carboxylic acids is 2. The first-order chi connectivity index (χ1) is 16.9. The maximum Gasteiger partial charge on any atom is 0.407 e. The molecule has 0 saturated heterocycles. The molecule has 0 aliphatic heterocycles. The van der Waals surface area contributed by atoms with Gasteiger partial charge in [0.1, 0.15) is 18.5 Å². The Balaban J connectivity index is 1.42. The Hall–Kier alpha value is -4.24. The lowest BCUT2D eigenvalue weighted by Crippen LogP contribution is -2.47. The number of nitrogens with one attached hydrogen (secondary N) is 2. The predicted octanol–water partition coefficient (Wildman–Crippen LogP) is 4.02. The quantitative estimate of drug-likeness (QED) is 0.451. The van der Waals surface area contributed by atoms with Crippen molar-refractivity contribution in [3.8, 4) is 11.1 Å². The van der Waals surface area contributed by atoms with E-state index in [0.29, 0.717) is 0 Å². The zero-order valence-corrected chi connectivity index (χ0v) is 18.8. The van der Waals surface area contributed by atoms with Crippen LogP contribution >= 0.6 is 0 Å². The Kier molecular flexibility index (Phi) is 7.07. The van der Waals surface area contributed by atoms with Crippen molar-refractivity contribution >= 4 is 23.7 Å². The van der Waals surface area contributed by atoms with E-state index >= 15 is 0 Å². The third kappa shape index (κ3) is 5.30. The molecular formula is C26H23FN2O6. The van der Waals surface area contributed by atoms with E-state index in [1.165, 1.54) is 7.11 Å². The van der Waals surface area contributed by atoms with Crippen LogP contribution in [0.3, 0.4) is 0 Å². The number of aromatic carboxylic acids is 1. The summed E-state index contributed by atoms with van der Waals surface area (Å²) in [6, 6.07) is 17.6. The number of methoxy groups -OCH3 is 1. The first-order valence-corrected chi connectivity index (χ1v) is 10.8. The fourth-order valence-corrected chi connectivity index (χ4v) is 4.15. The SMILES string of the molecule is COCC(NC(=O)OCC1c2ccccc2-c2ccccc21)C(=O)Nc1cc(F)cc(C(=O)O)c1. The van der Waals surface area contributed by atoms with Crippen LogP contribution in [-0.4, -0.2) is 49.4 Å². The van der Waals surface area contributed by atoms with E-state index in [1.54, 1.807) is 0 Å². The Morgan fingerprint density at radius 3 is 2.23 bits per heavy atom. The summed E-state index contributed by atoms with van der Waals surface area (Å²) in [5.74, 6) is -3.04. The number of hydrogen-bond acceptors (Lipinski definition) is 5. The van der Waals surface area contributed by atoms with Crippen LogP contribution in [0.5, 0.6) is 0 Å². The van der Waals surface area contributed by atoms with Gasteiger partial charge in [-0.2, -0.15) is 0 Å². The number of benzene rings is 3. The minimum Gasteiger partial charge on any atom is -0.478 e. The van der Waals surface area contributed by atoms with Gasteiger partial charge in [-0.1, -0.05) is 48.5 Å². The van der Waals surface area contributed by atoms with Crippen molar-refractivity contribution in [3.63, 3.8) is 0 Å². The van der Waals surface area contributed by atoms with Crippen molar-refractivity contribution in [2.45, 2.75) is 12.0 Å². The smallest absolute Gasteiger partial charge is 0.407 e. The summed E-state index contributed by atoms with van der Waals surface area (Å²) in [4.78, 5) is 36.4. The summed E-state index contributed by atoms with van der Waals surface area (Å²) >= 11 is 0. The Morgan fingerprint density at radius 2 is 1.63 bits per heavy atom. The molecule has 3 aromatic carbocycles. The van der Waals surface area contributed by atoms with Gasteiger partial charge in [0, 0.05) is 18.7 Å². The van der Waals surface area contributed by atoms with Crippen LogP contribution in [0.25, 0.3) is 11.1 Å². The first-order valence-electron chi connectivity index (χ1n) is 10.8. The molecule has 1 aliphatic rings. The van der Waals surface area contributed by atoms with E-state index in [2.05, 4.69) is 10.6 Å². The van der Waals surface area contributed by atoms with Crippen molar-refractivity contribution in [1.29, 1.82) is 0 Å². The van der Waals surface area contributed by atoms with Gasteiger partial charge in [-0.25, -0.2) is 14.0 Å².